The van der Waals surface area contributed by atoms with Gasteiger partial charge in [-0.05, 0) is 96.1 Å². The van der Waals surface area contributed by atoms with E-state index in [9.17, 15) is 5.26 Å². The lowest BCUT2D eigenvalue weighted by Crippen LogP contribution is -1.96. The third kappa shape index (κ3) is 4.16. The topological polar surface area (TPSA) is 76.7 Å². The molecule has 0 atom stereocenters. The molecule has 0 amide bonds. The van der Waals surface area contributed by atoms with E-state index in [1.807, 2.05) is 67.0 Å². The zero-order valence-electron chi connectivity index (χ0n) is 25.4. The van der Waals surface area contributed by atoms with Crippen molar-refractivity contribution in [2.75, 3.05) is 0 Å². The van der Waals surface area contributed by atoms with Crippen LogP contribution in [0.3, 0.4) is 0 Å². The number of hydrogen-bond acceptors (Lipinski definition) is 4. The molecule has 0 aliphatic carbocycles. The molecule has 0 unspecified atom stereocenters. The molecule has 0 aliphatic heterocycles. The van der Waals surface area contributed by atoms with Crippen molar-refractivity contribution in [3.8, 4) is 39.8 Å². The van der Waals surface area contributed by atoms with Gasteiger partial charge in [0.1, 0.15) is 0 Å². The maximum Gasteiger partial charge on any atom is 0.190 e. The summed E-state index contributed by atoms with van der Waals surface area (Å²) >= 11 is 0. The minimum absolute atomic E-state index is 0.416. The van der Waals surface area contributed by atoms with Crippen molar-refractivity contribution in [2.24, 2.45) is 0 Å². The van der Waals surface area contributed by atoms with E-state index in [-0.39, 0.29) is 0 Å². The zero-order chi connectivity index (χ0) is 32.2. The fourth-order valence-electron chi connectivity index (χ4n) is 6.86. The smallest absolute Gasteiger partial charge is 0.190 e. The monoisotopic (exact) mass is 613 g/mol. The average molecular weight is 614 g/mol. The van der Waals surface area contributed by atoms with Crippen molar-refractivity contribution in [3.63, 3.8) is 0 Å². The van der Waals surface area contributed by atoms with E-state index < -0.39 is 0 Å². The summed E-state index contributed by atoms with van der Waals surface area (Å²) in [6.07, 6.45) is 5.46. The van der Waals surface area contributed by atoms with Crippen molar-refractivity contribution in [3.05, 3.63) is 157 Å². The minimum Gasteiger partial charge on any atom is -0.309 e. The highest BCUT2D eigenvalue weighted by atomic mass is 15.0. The second kappa shape index (κ2) is 10.8. The Bertz CT molecular complexity index is 2780. The summed E-state index contributed by atoms with van der Waals surface area (Å²) in [5.74, 6) is 0. The molecule has 7 heteroatoms. The van der Waals surface area contributed by atoms with Gasteiger partial charge in [0.05, 0.1) is 51.4 Å². The Morgan fingerprint density at radius 1 is 0.562 bits per heavy atom. The molecule has 4 aromatic carbocycles. The van der Waals surface area contributed by atoms with Gasteiger partial charge in [0, 0.05) is 51.9 Å². The van der Waals surface area contributed by atoms with Gasteiger partial charge in [0.15, 0.2) is 5.69 Å². The van der Waals surface area contributed by atoms with Crippen LogP contribution >= 0.6 is 0 Å². The molecule has 0 saturated heterocycles. The van der Waals surface area contributed by atoms with Crippen molar-refractivity contribution in [1.82, 2.24) is 24.1 Å². The largest absolute Gasteiger partial charge is 0.309 e. The molecule has 0 spiro atoms. The molecule has 222 valence electrons. The Kier molecular flexibility index (Phi) is 6.11. The molecule has 7 nitrogen and oxygen atoms in total. The highest BCUT2D eigenvalue weighted by molar-refractivity contribution is 6.11. The van der Waals surface area contributed by atoms with Crippen molar-refractivity contribution in [1.29, 1.82) is 5.26 Å². The van der Waals surface area contributed by atoms with E-state index in [0.717, 1.165) is 77.6 Å². The van der Waals surface area contributed by atoms with Gasteiger partial charge in [-0.1, -0.05) is 36.4 Å². The first-order valence-corrected chi connectivity index (χ1v) is 15.4. The van der Waals surface area contributed by atoms with Gasteiger partial charge in [-0.3, -0.25) is 15.0 Å². The van der Waals surface area contributed by atoms with Gasteiger partial charge >= 0.3 is 0 Å². The summed E-state index contributed by atoms with van der Waals surface area (Å²) in [7, 11) is 0. The van der Waals surface area contributed by atoms with Crippen LogP contribution in [0.15, 0.2) is 140 Å². The van der Waals surface area contributed by atoms with Crippen LogP contribution in [0.1, 0.15) is 5.56 Å². The van der Waals surface area contributed by atoms with Crippen LogP contribution < -0.4 is 0 Å². The fraction of sp³-hybridized carbons (Fsp3) is 0. The summed E-state index contributed by atoms with van der Waals surface area (Å²) in [4.78, 5) is 17.9. The molecule has 0 bridgehead atoms. The predicted octanol–water partition coefficient (Wildman–Crippen LogP) is 9.82. The summed E-state index contributed by atoms with van der Waals surface area (Å²) < 4.78 is 4.33. The second-order valence-electron chi connectivity index (χ2n) is 11.6. The third-order valence-electron chi connectivity index (χ3n) is 8.88. The van der Waals surface area contributed by atoms with E-state index in [2.05, 4.69) is 85.7 Å². The number of aromatic nitrogens is 5. The van der Waals surface area contributed by atoms with Crippen molar-refractivity contribution < 1.29 is 0 Å². The number of nitrogens with zero attached hydrogens (tertiary/aromatic N) is 7. The molecular formula is C41H23N7. The van der Waals surface area contributed by atoms with Crippen molar-refractivity contribution >= 4 is 49.6 Å². The van der Waals surface area contributed by atoms with E-state index in [4.69, 9.17) is 16.5 Å². The standard InChI is InChI=1S/C41H23N7/c1-43-28-20-26(25-42)21-30(23-28)48-37-16-14-29(24-34(37)41-39(48)12-7-19-46-41)47-36-15-13-27(22-33(36)40-38(47)11-6-18-45-40)31-8-2-3-9-32(31)35-10-4-5-17-44-35/h2-24H. The first-order valence-electron chi connectivity index (χ1n) is 15.4. The van der Waals surface area contributed by atoms with Gasteiger partial charge in [-0.25, -0.2) is 4.85 Å². The fourth-order valence-corrected chi connectivity index (χ4v) is 6.86. The first-order chi connectivity index (χ1) is 23.7. The molecule has 0 aliphatic rings. The van der Waals surface area contributed by atoms with E-state index in [1.54, 1.807) is 12.3 Å². The highest BCUT2D eigenvalue weighted by Crippen LogP contribution is 2.39. The molecule has 9 rings (SSSR count). The summed E-state index contributed by atoms with van der Waals surface area (Å²) in [5.41, 5.74) is 12.4. The Hall–Kier alpha value is -7.09. The quantitative estimate of drug-likeness (QED) is 0.185. The number of benzene rings is 4. The summed E-state index contributed by atoms with van der Waals surface area (Å²) in [6.45, 7) is 7.60. The Morgan fingerprint density at radius 2 is 1.23 bits per heavy atom. The van der Waals surface area contributed by atoms with Crippen LogP contribution in [0.5, 0.6) is 0 Å². The molecule has 0 fully saturated rings. The summed E-state index contributed by atoms with van der Waals surface area (Å²) in [6, 6.07) is 42.7. The number of rotatable bonds is 4. The Labute approximate surface area is 275 Å². The number of fused-ring (bicyclic) bond motifs is 6. The number of pyridine rings is 3. The van der Waals surface area contributed by atoms with E-state index >= 15 is 0 Å². The normalized spacial score (nSPS) is 11.3. The van der Waals surface area contributed by atoms with Crippen LogP contribution in [-0.2, 0) is 0 Å². The van der Waals surface area contributed by atoms with Crippen LogP contribution in [-0.4, -0.2) is 24.1 Å². The third-order valence-corrected chi connectivity index (χ3v) is 8.88. The van der Waals surface area contributed by atoms with E-state index in [1.165, 1.54) is 0 Å². The molecule has 0 radical (unpaired) electrons. The summed E-state index contributed by atoms with van der Waals surface area (Å²) in [5, 5.41) is 11.7. The van der Waals surface area contributed by atoms with Crippen LogP contribution in [0.25, 0.3) is 82.5 Å². The van der Waals surface area contributed by atoms with Crippen LogP contribution in [0, 0.1) is 17.9 Å². The average Bonchev–Trinajstić information content (AvgIpc) is 3.67. The predicted molar refractivity (Wildman–Crippen MR) is 190 cm³/mol. The maximum absolute atomic E-state index is 9.68. The number of hydrogen-bond donors (Lipinski definition) is 0. The molecular weight excluding hydrogens is 591 g/mol. The van der Waals surface area contributed by atoms with Crippen LogP contribution in [0.2, 0.25) is 0 Å². The van der Waals surface area contributed by atoms with Gasteiger partial charge in [-0.15, -0.1) is 0 Å². The Balaban J connectivity index is 1.27. The lowest BCUT2D eigenvalue weighted by atomic mass is 9.96. The maximum atomic E-state index is 9.68. The van der Waals surface area contributed by atoms with Gasteiger partial charge < -0.3 is 9.13 Å². The number of nitriles is 1. The molecule has 5 aromatic heterocycles. The minimum atomic E-state index is 0.416. The molecule has 0 N–H and O–H groups in total. The van der Waals surface area contributed by atoms with Gasteiger partial charge in [-0.2, -0.15) is 5.26 Å². The molecule has 5 heterocycles. The highest BCUT2D eigenvalue weighted by Gasteiger charge is 2.19. The van der Waals surface area contributed by atoms with Crippen LogP contribution in [0.4, 0.5) is 5.69 Å². The first kappa shape index (κ1) is 27.2. The molecule has 9 aromatic rings. The molecule has 0 saturated carbocycles. The lowest BCUT2D eigenvalue weighted by Gasteiger charge is -2.12. The SMILES string of the molecule is [C-]#[N+]c1cc(C#N)cc(-n2c3ccc(-n4c5ccc(-c6ccccc6-c6ccccn6)cc5c5ncccc54)cc3c3ncccc32)c1. The van der Waals surface area contributed by atoms with Crippen molar-refractivity contribution in [2.45, 2.75) is 0 Å². The lowest BCUT2D eigenvalue weighted by molar-refractivity contribution is 1.16. The van der Waals surface area contributed by atoms with Gasteiger partial charge in [0.25, 0.3) is 0 Å². The molecule has 48 heavy (non-hydrogen) atoms. The second-order valence-corrected chi connectivity index (χ2v) is 11.6. The van der Waals surface area contributed by atoms with Gasteiger partial charge in [0.2, 0.25) is 0 Å². The van der Waals surface area contributed by atoms with E-state index in [0.29, 0.717) is 11.3 Å². The zero-order valence-corrected chi connectivity index (χ0v) is 25.4. The Morgan fingerprint density at radius 3 is 1.94 bits per heavy atom.